The van der Waals surface area contributed by atoms with Gasteiger partial charge in [-0.15, -0.1) is 11.6 Å². The topological polar surface area (TPSA) is 30.0 Å². The maximum atomic E-state index is 12.7. The molecule has 68 valence electrons. The van der Waals surface area contributed by atoms with E-state index in [4.69, 9.17) is 11.6 Å². The molecule has 0 aliphatic carbocycles. The second-order valence-electron chi connectivity index (χ2n) is 2.32. The first kappa shape index (κ1) is 9.86. The molecule has 0 saturated heterocycles. The number of carbonyl (C=O) groups excluding carboxylic acids is 1. The molecular weight excluding hydrogens is 193 g/mol. The molecule has 0 amide bonds. The summed E-state index contributed by atoms with van der Waals surface area (Å²) in [5.41, 5.74) is 0.612. The predicted octanol–water partition coefficient (Wildman–Crippen LogP) is 2.29. The number of alkyl halides is 1. The van der Waals surface area contributed by atoms with E-state index in [1.165, 1.54) is 12.3 Å². The quantitative estimate of drug-likeness (QED) is 0.425. The van der Waals surface area contributed by atoms with Crippen LogP contribution in [0.1, 0.15) is 15.9 Å². The van der Waals surface area contributed by atoms with Crippen molar-refractivity contribution in [3.8, 4) is 0 Å². The minimum atomic E-state index is -0.752. The zero-order valence-electron chi connectivity index (χ0n) is 6.71. The van der Waals surface area contributed by atoms with Crippen LogP contribution in [0.4, 0.5) is 4.39 Å². The van der Waals surface area contributed by atoms with Gasteiger partial charge in [0, 0.05) is 12.1 Å². The highest BCUT2D eigenvalue weighted by molar-refractivity contribution is 6.19. The molecule has 0 N–H and O–H groups in total. The van der Waals surface area contributed by atoms with Crippen LogP contribution >= 0.6 is 11.6 Å². The van der Waals surface area contributed by atoms with Crippen LogP contribution in [0.3, 0.4) is 0 Å². The molecule has 0 aliphatic rings. The maximum Gasteiger partial charge on any atom is 0.223 e. The molecule has 0 aliphatic heterocycles. The molecule has 0 atom stereocenters. The Balaban J connectivity index is 2.99. The number of aromatic nitrogens is 1. The summed E-state index contributed by atoms with van der Waals surface area (Å²) in [6, 6.07) is 1.42. The number of allylic oxidation sites excluding steroid dienone is 1. The summed E-state index contributed by atoms with van der Waals surface area (Å²) in [5, 5.41) is 0. The van der Waals surface area contributed by atoms with Gasteiger partial charge in [0.15, 0.2) is 6.29 Å². The number of hydrogen-bond acceptors (Lipinski definition) is 2. The van der Waals surface area contributed by atoms with Crippen LogP contribution in [0.15, 0.2) is 18.3 Å². The number of hydrogen-bond donors (Lipinski definition) is 0. The van der Waals surface area contributed by atoms with Crippen molar-refractivity contribution in [2.75, 3.05) is 5.88 Å². The molecule has 1 heterocycles. The van der Waals surface area contributed by atoms with E-state index in [0.717, 1.165) is 0 Å². The summed E-state index contributed by atoms with van der Waals surface area (Å²) in [6.45, 7) is 0. The van der Waals surface area contributed by atoms with Gasteiger partial charge in [-0.2, -0.15) is 4.39 Å². The molecule has 0 spiro atoms. The third-order valence-corrected chi connectivity index (χ3v) is 1.59. The van der Waals surface area contributed by atoms with E-state index in [9.17, 15) is 9.18 Å². The maximum absolute atomic E-state index is 12.7. The SMILES string of the molecule is O=Cc1cc(C=CCCl)cnc1F. The number of carbonyl (C=O) groups is 1. The Bertz CT molecular complexity index is 338. The van der Waals surface area contributed by atoms with Crippen molar-refractivity contribution in [1.29, 1.82) is 0 Å². The Morgan fingerprint density at radius 1 is 1.62 bits per heavy atom. The number of aldehydes is 1. The average Bonchev–Trinajstić information content (AvgIpc) is 2.16. The van der Waals surface area contributed by atoms with E-state index in [0.29, 0.717) is 17.7 Å². The first-order valence-corrected chi connectivity index (χ1v) is 4.14. The lowest BCUT2D eigenvalue weighted by molar-refractivity contribution is 0.111. The first-order chi connectivity index (χ1) is 6.27. The van der Waals surface area contributed by atoms with E-state index in [1.807, 2.05) is 0 Å². The third kappa shape index (κ3) is 2.63. The fraction of sp³-hybridized carbons (Fsp3) is 0.111. The molecular formula is C9H7ClFNO. The van der Waals surface area contributed by atoms with Gasteiger partial charge in [0.2, 0.25) is 5.95 Å². The summed E-state index contributed by atoms with van der Waals surface area (Å²) in [6.07, 6.45) is 5.13. The Kier molecular flexibility index (Phi) is 3.58. The van der Waals surface area contributed by atoms with E-state index >= 15 is 0 Å². The summed E-state index contributed by atoms with van der Waals surface area (Å²) >= 11 is 5.41. The Hall–Kier alpha value is -1.22. The van der Waals surface area contributed by atoms with Crippen molar-refractivity contribution in [3.63, 3.8) is 0 Å². The van der Waals surface area contributed by atoms with Gasteiger partial charge in [-0.25, -0.2) is 4.98 Å². The summed E-state index contributed by atoms with van der Waals surface area (Å²) in [7, 11) is 0. The number of pyridine rings is 1. The lowest BCUT2D eigenvalue weighted by Crippen LogP contribution is -1.92. The molecule has 0 unspecified atom stereocenters. The first-order valence-electron chi connectivity index (χ1n) is 3.61. The van der Waals surface area contributed by atoms with Crippen molar-refractivity contribution in [3.05, 3.63) is 35.4 Å². The smallest absolute Gasteiger partial charge is 0.223 e. The molecule has 1 rings (SSSR count). The van der Waals surface area contributed by atoms with Gasteiger partial charge in [0.1, 0.15) is 0 Å². The molecule has 13 heavy (non-hydrogen) atoms. The Labute approximate surface area is 80.1 Å². The molecule has 2 nitrogen and oxygen atoms in total. The van der Waals surface area contributed by atoms with Crippen LogP contribution < -0.4 is 0 Å². The second-order valence-corrected chi connectivity index (χ2v) is 2.63. The fourth-order valence-electron chi connectivity index (χ4n) is 0.837. The van der Waals surface area contributed by atoms with Gasteiger partial charge < -0.3 is 0 Å². The minimum absolute atomic E-state index is 0.0447. The Morgan fingerprint density at radius 3 is 3.00 bits per heavy atom. The highest BCUT2D eigenvalue weighted by atomic mass is 35.5. The highest BCUT2D eigenvalue weighted by Crippen LogP contribution is 2.06. The van der Waals surface area contributed by atoms with Gasteiger partial charge in [-0.3, -0.25) is 4.79 Å². The van der Waals surface area contributed by atoms with Crippen molar-refractivity contribution < 1.29 is 9.18 Å². The molecule has 0 aromatic carbocycles. The zero-order valence-corrected chi connectivity index (χ0v) is 7.46. The van der Waals surface area contributed by atoms with Crippen molar-refractivity contribution in [1.82, 2.24) is 4.98 Å². The molecule has 0 fully saturated rings. The molecule has 1 aromatic heterocycles. The van der Waals surface area contributed by atoms with Gasteiger partial charge >= 0.3 is 0 Å². The van der Waals surface area contributed by atoms with Crippen LogP contribution in [-0.2, 0) is 0 Å². The minimum Gasteiger partial charge on any atom is -0.298 e. The highest BCUT2D eigenvalue weighted by Gasteiger charge is 2.01. The summed E-state index contributed by atoms with van der Waals surface area (Å²) in [4.78, 5) is 13.7. The van der Waals surface area contributed by atoms with Crippen LogP contribution in [0.2, 0.25) is 0 Å². The van der Waals surface area contributed by atoms with Gasteiger partial charge in [0.05, 0.1) is 5.56 Å². The van der Waals surface area contributed by atoms with Gasteiger partial charge in [0.25, 0.3) is 0 Å². The average molecular weight is 200 g/mol. The molecule has 0 radical (unpaired) electrons. The van der Waals surface area contributed by atoms with Crippen LogP contribution in [0, 0.1) is 5.95 Å². The fourth-order valence-corrected chi connectivity index (χ4v) is 0.926. The molecule has 4 heteroatoms. The van der Waals surface area contributed by atoms with E-state index in [-0.39, 0.29) is 5.56 Å². The normalized spacial score (nSPS) is 10.6. The summed E-state index contributed by atoms with van der Waals surface area (Å²) < 4.78 is 12.7. The molecule has 1 aromatic rings. The predicted molar refractivity (Wildman–Crippen MR) is 49.3 cm³/mol. The standard InChI is InChI=1S/C9H7ClFNO/c10-3-1-2-7-4-8(6-13)9(11)12-5-7/h1-2,4-6H,3H2. The van der Waals surface area contributed by atoms with Crippen molar-refractivity contribution in [2.45, 2.75) is 0 Å². The number of rotatable bonds is 3. The third-order valence-electron chi connectivity index (χ3n) is 1.41. The zero-order chi connectivity index (χ0) is 9.68. The van der Waals surface area contributed by atoms with Crippen LogP contribution in [0.25, 0.3) is 6.08 Å². The van der Waals surface area contributed by atoms with E-state index in [2.05, 4.69) is 4.98 Å². The van der Waals surface area contributed by atoms with Crippen LogP contribution in [0.5, 0.6) is 0 Å². The number of halogens is 2. The molecule has 0 saturated carbocycles. The Morgan fingerprint density at radius 2 is 2.38 bits per heavy atom. The van der Waals surface area contributed by atoms with Crippen molar-refractivity contribution in [2.24, 2.45) is 0 Å². The van der Waals surface area contributed by atoms with Gasteiger partial charge in [-0.05, 0) is 11.6 Å². The lowest BCUT2D eigenvalue weighted by atomic mass is 10.2. The van der Waals surface area contributed by atoms with E-state index in [1.54, 1.807) is 12.2 Å². The lowest BCUT2D eigenvalue weighted by Gasteiger charge is -1.95. The molecule has 0 bridgehead atoms. The number of nitrogens with zero attached hydrogens (tertiary/aromatic N) is 1. The van der Waals surface area contributed by atoms with E-state index < -0.39 is 5.95 Å². The van der Waals surface area contributed by atoms with Crippen LogP contribution in [-0.4, -0.2) is 17.2 Å². The van der Waals surface area contributed by atoms with Gasteiger partial charge in [-0.1, -0.05) is 12.2 Å². The summed E-state index contributed by atoms with van der Waals surface area (Å²) in [5.74, 6) is -0.383. The largest absolute Gasteiger partial charge is 0.298 e. The van der Waals surface area contributed by atoms with Crippen molar-refractivity contribution >= 4 is 24.0 Å². The second kappa shape index (κ2) is 4.72. The monoisotopic (exact) mass is 199 g/mol.